The summed E-state index contributed by atoms with van der Waals surface area (Å²) in [5.41, 5.74) is 2.12. The predicted octanol–water partition coefficient (Wildman–Crippen LogP) is 3.78. The van der Waals surface area contributed by atoms with E-state index in [-0.39, 0.29) is 13.2 Å². The molecule has 0 aliphatic rings. The van der Waals surface area contributed by atoms with Crippen LogP contribution >= 0.6 is 7.82 Å². The van der Waals surface area contributed by atoms with Gasteiger partial charge in [-0.15, -0.1) is 0 Å². The van der Waals surface area contributed by atoms with Crippen molar-refractivity contribution in [2.45, 2.75) is 40.5 Å². The molecular weight excluding hydrogens is 295 g/mol. The first kappa shape index (κ1) is 20.2. The van der Waals surface area contributed by atoms with Crippen LogP contribution in [0.1, 0.15) is 40.5 Å². The Balaban J connectivity index is 3.58. The highest BCUT2D eigenvalue weighted by Crippen LogP contribution is 2.43. The third-order valence-corrected chi connectivity index (χ3v) is 2.98. The Morgan fingerprint density at radius 2 is 1.24 bits per heavy atom. The molecule has 0 bridgehead atoms. The first-order chi connectivity index (χ1) is 9.83. The van der Waals surface area contributed by atoms with Crippen molar-refractivity contribution in [3.63, 3.8) is 0 Å². The highest BCUT2D eigenvalue weighted by Gasteiger charge is 2.19. The zero-order valence-corrected chi connectivity index (χ0v) is 14.2. The highest BCUT2D eigenvalue weighted by atomic mass is 31.2. The van der Waals surface area contributed by atoms with Gasteiger partial charge in [0.15, 0.2) is 0 Å². The fourth-order valence-corrected chi connectivity index (χ4v) is 1.93. The lowest BCUT2D eigenvalue weighted by atomic mass is 10.4. The molecule has 0 radical (unpaired) electrons. The molecule has 0 rings (SSSR count). The highest BCUT2D eigenvalue weighted by molar-refractivity contribution is 7.47. The molecule has 0 saturated carbocycles. The number of allylic oxidation sites excluding steroid dienone is 2. The van der Waals surface area contributed by atoms with E-state index >= 15 is 0 Å². The largest absolute Gasteiger partial charge is 0.501 e. The van der Waals surface area contributed by atoms with Crippen molar-refractivity contribution >= 4 is 7.82 Å². The first-order valence-electron chi connectivity index (χ1n) is 6.95. The molecule has 0 aliphatic carbocycles. The molecule has 21 heavy (non-hydrogen) atoms. The third kappa shape index (κ3) is 15.4. The summed E-state index contributed by atoms with van der Waals surface area (Å²) >= 11 is 0. The zero-order chi connectivity index (χ0) is 16.1. The second kappa shape index (κ2) is 11.8. The first-order valence-corrected chi connectivity index (χ1v) is 8.45. The van der Waals surface area contributed by atoms with Gasteiger partial charge < -0.3 is 14.4 Å². The van der Waals surface area contributed by atoms with E-state index in [9.17, 15) is 9.46 Å². The molecule has 124 valence electrons. The molecule has 0 saturated heterocycles. The monoisotopic (exact) mass is 322 g/mol. The van der Waals surface area contributed by atoms with Gasteiger partial charge in [0.1, 0.15) is 0 Å². The number of phosphoric acid groups is 1. The number of phosphoric ester groups is 1. The standard InChI is InChI=1S/C14H27O6P/c1-13(2)11-17-7-5-9-19-21(15,16)20-10-6-8-18-12-14(3)4/h11-12H,5-10H2,1-4H3,(H,15,16). The maximum absolute atomic E-state index is 11.5. The Morgan fingerprint density at radius 3 is 1.57 bits per heavy atom. The minimum atomic E-state index is -3.97. The van der Waals surface area contributed by atoms with E-state index in [0.717, 1.165) is 11.1 Å². The second-order valence-electron chi connectivity index (χ2n) is 4.97. The summed E-state index contributed by atoms with van der Waals surface area (Å²) in [6.07, 6.45) is 4.31. The zero-order valence-electron chi connectivity index (χ0n) is 13.3. The van der Waals surface area contributed by atoms with Crippen LogP contribution in [0.4, 0.5) is 0 Å². The number of hydrogen-bond donors (Lipinski definition) is 1. The van der Waals surface area contributed by atoms with Crippen LogP contribution < -0.4 is 0 Å². The van der Waals surface area contributed by atoms with Gasteiger partial charge in [-0.25, -0.2) is 4.57 Å². The summed E-state index contributed by atoms with van der Waals surface area (Å²) in [5.74, 6) is 0. The molecule has 1 N–H and O–H groups in total. The SMILES string of the molecule is CC(C)=COCCCOP(=O)(O)OCCCOC=C(C)C. The van der Waals surface area contributed by atoms with E-state index in [4.69, 9.17) is 18.5 Å². The lowest BCUT2D eigenvalue weighted by Gasteiger charge is -2.12. The van der Waals surface area contributed by atoms with Gasteiger partial charge in [0.25, 0.3) is 0 Å². The summed E-state index contributed by atoms with van der Waals surface area (Å²) < 4.78 is 31.5. The molecule has 0 aromatic heterocycles. The summed E-state index contributed by atoms with van der Waals surface area (Å²) in [5, 5.41) is 0. The minimum Gasteiger partial charge on any atom is -0.501 e. The smallest absolute Gasteiger partial charge is 0.472 e. The van der Waals surface area contributed by atoms with Crippen molar-refractivity contribution in [2.24, 2.45) is 0 Å². The lowest BCUT2D eigenvalue weighted by Crippen LogP contribution is -2.02. The fourth-order valence-electron chi connectivity index (χ4n) is 1.13. The van der Waals surface area contributed by atoms with Gasteiger partial charge in [-0.2, -0.15) is 0 Å². The van der Waals surface area contributed by atoms with Gasteiger partial charge >= 0.3 is 7.82 Å². The van der Waals surface area contributed by atoms with Crippen molar-refractivity contribution in [1.82, 2.24) is 0 Å². The molecular formula is C14H27O6P. The van der Waals surface area contributed by atoms with Crippen LogP contribution in [0.3, 0.4) is 0 Å². The van der Waals surface area contributed by atoms with E-state index in [1.54, 1.807) is 12.5 Å². The molecule has 0 aliphatic heterocycles. The number of hydrogen-bond acceptors (Lipinski definition) is 5. The maximum atomic E-state index is 11.5. The van der Waals surface area contributed by atoms with Crippen molar-refractivity contribution in [1.29, 1.82) is 0 Å². The van der Waals surface area contributed by atoms with E-state index in [1.807, 2.05) is 27.7 Å². The Bertz CT molecular complexity index is 338. The van der Waals surface area contributed by atoms with Crippen LogP contribution in [0.2, 0.25) is 0 Å². The summed E-state index contributed by atoms with van der Waals surface area (Å²) in [6.45, 7) is 8.78. The molecule has 0 aromatic carbocycles. The van der Waals surface area contributed by atoms with Crippen molar-refractivity contribution in [2.75, 3.05) is 26.4 Å². The second-order valence-corrected chi connectivity index (χ2v) is 6.43. The van der Waals surface area contributed by atoms with Crippen LogP contribution in [-0.2, 0) is 23.1 Å². The Kier molecular flexibility index (Phi) is 11.4. The number of ether oxygens (including phenoxy) is 2. The average Bonchev–Trinajstić information content (AvgIpc) is 2.37. The molecule has 0 spiro atoms. The van der Waals surface area contributed by atoms with Gasteiger partial charge in [0, 0.05) is 12.8 Å². The molecule has 0 heterocycles. The molecule has 0 amide bonds. The molecule has 7 heteroatoms. The van der Waals surface area contributed by atoms with Crippen molar-refractivity contribution in [3.05, 3.63) is 23.7 Å². The van der Waals surface area contributed by atoms with Crippen molar-refractivity contribution < 1.29 is 28.0 Å². The lowest BCUT2D eigenvalue weighted by molar-refractivity contribution is 0.126. The Labute approximate surface area is 127 Å². The molecule has 0 fully saturated rings. The van der Waals surface area contributed by atoms with Gasteiger partial charge in [0.05, 0.1) is 39.0 Å². The van der Waals surface area contributed by atoms with E-state index in [1.165, 1.54) is 0 Å². The van der Waals surface area contributed by atoms with E-state index in [2.05, 4.69) is 0 Å². The van der Waals surface area contributed by atoms with Crippen LogP contribution in [0.25, 0.3) is 0 Å². The molecule has 6 nitrogen and oxygen atoms in total. The summed E-state index contributed by atoms with van der Waals surface area (Å²) in [6, 6.07) is 0. The summed E-state index contributed by atoms with van der Waals surface area (Å²) in [7, 11) is -3.97. The van der Waals surface area contributed by atoms with Gasteiger partial charge in [-0.3, -0.25) is 9.05 Å². The minimum absolute atomic E-state index is 0.110. The van der Waals surface area contributed by atoms with E-state index in [0.29, 0.717) is 26.1 Å². The van der Waals surface area contributed by atoms with Crippen LogP contribution in [-0.4, -0.2) is 31.3 Å². The predicted molar refractivity (Wildman–Crippen MR) is 81.7 cm³/mol. The fraction of sp³-hybridized carbons (Fsp3) is 0.714. The normalized spacial score (nSPS) is 10.9. The topological polar surface area (TPSA) is 74.2 Å². The van der Waals surface area contributed by atoms with Gasteiger partial charge in [-0.05, 0) is 38.8 Å². The van der Waals surface area contributed by atoms with Gasteiger partial charge in [0.2, 0.25) is 0 Å². The van der Waals surface area contributed by atoms with Crippen LogP contribution in [0.15, 0.2) is 23.7 Å². The third-order valence-electron chi connectivity index (χ3n) is 1.96. The van der Waals surface area contributed by atoms with Crippen LogP contribution in [0.5, 0.6) is 0 Å². The maximum Gasteiger partial charge on any atom is 0.472 e. The molecule has 0 aromatic rings. The molecule has 0 unspecified atom stereocenters. The number of rotatable bonds is 12. The quantitative estimate of drug-likeness (QED) is 0.335. The Hall–Kier alpha value is -0.810. The Morgan fingerprint density at radius 1 is 0.857 bits per heavy atom. The molecule has 0 atom stereocenters. The van der Waals surface area contributed by atoms with Crippen LogP contribution in [0, 0.1) is 0 Å². The van der Waals surface area contributed by atoms with Crippen molar-refractivity contribution in [3.8, 4) is 0 Å². The van der Waals surface area contributed by atoms with Gasteiger partial charge in [-0.1, -0.05) is 0 Å². The van der Waals surface area contributed by atoms with E-state index < -0.39 is 7.82 Å². The average molecular weight is 322 g/mol. The summed E-state index contributed by atoms with van der Waals surface area (Å²) in [4.78, 5) is 9.41.